The molecular formula is C14H27NOS. The van der Waals surface area contributed by atoms with E-state index in [1.165, 1.54) is 12.8 Å². The Hall–Kier alpha value is -0.180. The molecule has 1 amide bonds. The first-order valence-electron chi connectivity index (χ1n) is 6.73. The van der Waals surface area contributed by atoms with Crippen LogP contribution in [0.4, 0.5) is 0 Å². The molecular weight excluding hydrogens is 230 g/mol. The van der Waals surface area contributed by atoms with Crippen molar-refractivity contribution >= 4 is 17.7 Å². The lowest BCUT2D eigenvalue weighted by Gasteiger charge is -2.34. The number of carbonyl (C=O) groups excluding carboxylic acids is 1. The van der Waals surface area contributed by atoms with Crippen molar-refractivity contribution in [2.75, 3.05) is 5.75 Å². The van der Waals surface area contributed by atoms with Gasteiger partial charge < -0.3 is 5.32 Å². The third kappa shape index (κ3) is 5.33. The van der Waals surface area contributed by atoms with Crippen LogP contribution in [0.2, 0.25) is 0 Å². The third-order valence-electron chi connectivity index (χ3n) is 3.69. The summed E-state index contributed by atoms with van der Waals surface area (Å²) in [6, 6.07) is 0.395. The molecule has 0 aliphatic heterocycles. The van der Waals surface area contributed by atoms with Gasteiger partial charge in [0.2, 0.25) is 5.91 Å². The minimum absolute atomic E-state index is 0.169. The second kappa shape index (κ2) is 6.12. The predicted molar refractivity (Wildman–Crippen MR) is 76.3 cm³/mol. The van der Waals surface area contributed by atoms with Crippen LogP contribution in [0, 0.1) is 11.8 Å². The van der Waals surface area contributed by atoms with Gasteiger partial charge in [-0.05, 0) is 18.3 Å². The lowest BCUT2D eigenvalue weighted by Crippen LogP contribution is -2.44. The van der Waals surface area contributed by atoms with Gasteiger partial charge in [-0.3, -0.25) is 4.79 Å². The van der Waals surface area contributed by atoms with E-state index in [1.807, 2.05) is 0 Å². The molecule has 3 atom stereocenters. The van der Waals surface area contributed by atoms with E-state index < -0.39 is 0 Å². The largest absolute Gasteiger partial charge is 0.352 e. The number of hydrogen-bond donors (Lipinski definition) is 1. The monoisotopic (exact) mass is 257 g/mol. The molecule has 0 aromatic heterocycles. The fourth-order valence-corrected chi connectivity index (χ4v) is 2.96. The quantitative estimate of drug-likeness (QED) is 0.839. The average Bonchev–Trinajstić information content (AvgIpc) is 2.21. The first-order valence-corrected chi connectivity index (χ1v) is 7.71. The highest BCUT2D eigenvalue weighted by molar-refractivity contribution is 8.01. The van der Waals surface area contributed by atoms with E-state index in [-0.39, 0.29) is 10.7 Å². The van der Waals surface area contributed by atoms with Crippen molar-refractivity contribution in [2.24, 2.45) is 11.8 Å². The molecule has 1 fully saturated rings. The van der Waals surface area contributed by atoms with E-state index in [9.17, 15) is 4.79 Å². The molecule has 1 rings (SSSR count). The summed E-state index contributed by atoms with van der Waals surface area (Å²) in [5.74, 6) is 2.15. The van der Waals surface area contributed by atoms with Crippen LogP contribution in [0.5, 0.6) is 0 Å². The summed E-state index contributed by atoms with van der Waals surface area (Å²) in [5, 5.41) is 3.21. The molecule has 3 heteroatoms. The van der Waals surface area contributed by atoms with Crippen LogP contribution in [-0.2, 0) is 4.79 Å². The van der Waals surface area contributed by atoms with Crippen molar-refractivity contribution in [2.45, 2.75) is 64.7 Å². The van der Waals surface area contributed by atoms with E-state index in [0.717, 1.165) is 12.3 Å². The minimum Gasteiger partial charge on any atom is -0.352 e. The third-order valence-corrected chi connectivity index (χ3v) is 4.96. The molecule has 1 aliphatic carbocycles. The SMILES string of the molecule is CC1CCCC(NC(=O)CSC(C)(C)C)C1C. The van der Waals surface area contributed by atoms with Crippen LogP contribution in [0.25, 0.3) is 0 Å². The van der Waals surface area contributed by atoms with Crippen molar-refractivity contribution in [1.29, 1.82) is 0 Å². The van der Waals surface area contributed by atoms with Crippen molar-refractivity contribution in [3.63, 3.8) is 0 Å². The second-order valence-electron chi connectivity index (χ2n) is 6.34. The van der Waals surface area contributed by atoms with Gasteiger partial charge in [-0.1, -0.05) is 47.5 Å². The van der Waals surface area contributed by atoms with Crippen molar-refractivity contribution in [3.05, 3.63) is 0 Å². The Labute approximate surface area is 110 Å². The van der Waals surface area contributed by atoms with Crippen molar-refractivity contribution in [1.82, 2.24) is 5.32 Å². The Morgan fingerprint density at radius 3 is 2.53 bits per heavy atom. The highest BCUT2D eigenvalue weighted by Crippen LogP contribution is 2.29. The van der Waals surface area contributed by atoms with Gasteiger partial charge in [0.25, 0.3) is 0 Å². The van der Waals surface area contributed by atoms with E-state index in [4.69, 9.17) is 0 Å². The summed E-state index contributed by atoms with van der Waals surface area (Å²) >= 11 is 1.72. The van der Waals surface area contributed by atoms with Gasteiger partial charge in [0.15, 0.2) is 0 Å². The van der Waals surface area contributed by atoms with E-state index in [0.29, 0.717) is 17.7 Å². The maximum atomic E-state index is 11.9. The summed E-state index contributed by atoms with van der Waals surface area (Å²) in [6.07, 6.45) is 3.71. The fourth-order valence-electron chi connectivity index (χ4n) is 2.32. The first kappa shape index (κ1) is 14.9. The molecule has 3 unspecified atom stereocenters. The summed E-state index contributed by atoms with van der Waals surface area (Å²) < 4.78 is 0.169. The van der Waals surface area contributed by atoms with Gasteiger partial charge in [0.05, 0.1) is 5.75 Å². The molecule has 0 heterocycles. The molecule has 0 radical (unpaired) electrons. The highest BCUT2D eigenvalue weighted by Gasteiger charge is 2.28. The Morgan fingerprint density at radius 1 is 1.29 bits per heavy atom. The van der Waals surface area contributed by atoms with Crippen LogP contribution < -0.4 is 5.32 Å². The number of rotatable bonds is 3. The maximum absolute atomic E-state index is 11.9. The smallest absolute Gasteiger partial charge is 0.230 e. The lowest BCUT2D eigenvalue weighted by atomic mass is 9.78. The molecule has 1 aliphatic rings. The summed E-state index contributed by atoms with van der Waals surface area (Å²) in [4.78, 5) is 11.9. The van der Waals surface area contributed by atoms with Gasteiger partial charge in [0.1, 0.15) is 0 Å². The standard InChI is InChI=1S/C14H27NOS/c1-10-7-6-8-12(11(10)2)15-13(16)9-17-14(3,4)5/h10-12H,6-9H2,1-5H3,(H,15,16). The number of amides is 1. The van der Waals surface area contributed by atoms with Crippen molar-refractivity contribution in [3.8, 4) is 0 Å². The van der Waals surface area contributed by atoms with Crippen LogP contribution in [0.1, 0.15) is 53.9 Å². The van der Waals surface area contributed by atoms with Gasteiger partial charge in [-0.15, -0.1) is 11.8 Å². The zero-order valence-corrected chi connectivity index (χ0v) is 12.7. The second-order valence-corrected chi connectivity index (χ2v) is 8.14. The number of nitrogens with one attached hydrogen (secondary N) is 1. The zero-order chi connectivity index (χ0) is 13.1. The van der Waals surface area contributed by atoms with Crippen molar-refractivity contribution < 1.29 is 4.79 Å². The molecule has 0 bridgehead atoms. The highest BCUT2D eigenvalue weighted by atomic mass is 32.2. The molecule has 0 spiro atoms. The predicted octanol–water partition coefficient (Wildman–Crippen LogP) is 3.46. The number of carbonyl (C=O) groups is 1. The molecule has 17 heavy (non-hydrogen) atoms. The molecule has 0 saturated heterocycles. The molecule has 1 N–H and O–H groups in total. The molecule has 100 valence electrons. The number of thioether (sulfide) groups is 1. The molecule has 1 saturated carbocycles. The Balaban J connectivity index is 2.35. The Morgan fingerprint density at radius 2 is 1.94 bits per heavy atom. The minimum atomic E-state index is 0.169. The van der Waals surface area contributed by atoms with E-state index >= 15 is 0 Å². The normalized spacial score (nSPS) is 30.1. The van der Waals surface area contributed by atoms with Gasteiger partial charge >= 0.3 is 0 Å². The Kier molecular flexibility index (Phi) is 5.36. The lowest BCUT2D eigenvalue weighted by molar-refractivity contribution is -0.120. The fraction of sp³-hybridized carbons (Fsp3) is 0.929. The van der Waals surface area contributed by atoms with Crippen LogP contribution in [0.3, 0.4) is 0 Å². The van der Waals surface area contributed by atoms with Crippen LogP contribution >= 0.6 is 11.8 Å². The summed E-state index contributed by atoms with van der Waals surface area (Å²) in [5.41, 5.74) is 0. The maximum Gasteiger partial charge on any atom is 0.230 e. The molecule has 2 nitrogen and oxygen atoms in total. The van der Waals surface area contributed by atoms with Crippen LogP contribution in [-0.4, -0.2) is 22.4 Å². The summed E-state index contributed by atoms with van der Waals surface area (Å²) in [7, 11) is 0. The average molecular weight is 257 g/mol. The Bertz CT molecular complexity index is 259. The summed E-state index contributed by atoms with van der Waals surface area (Å²) in [6.45, 7) is 11.0. The van der Waals surface area contributed by atoms with Gasteiger partial charge in [0, 0.05) is 10.8 Å². The zero-order valence-electron chi connectivity index (χ0n) is 11.9. The van der Waals surface area contributed by atoms with Crippen LogP contribution in [0.15, 0.2) is 0 Å². The molecule has 0 aromatic rings. The van der Waals surface area contributed by atoms with E-state index in [2.05, 4.69) is 39.9 Å². The van der Waals surface area contributed by atoms with Gasteiger partial charge in [-0.2, -0.15) is 0 Å². The number of hydrogen-bond acceptors (Lipinski definition) is 2. The topological polar surface area (TPSA) is 29.1 Å². The van der Waals surface area contributed by atoms with E-state index in [1.54, 1.807) is 11.8 Å². The van der Waals surface area contributed by atoms with Gasteiger partial charge in [-0.25, -0.2) is 0 Å². The first-order chi connectivity index (χ1) is 7.79. The molecule has 0 aromatic carbocycles.